The van der Waals surface area contributed by atoms with Crippen LogP contribution in [0, 0.1) is 0 Å². The summed E-state index contributed by atoms with van der Waals surface area (Å²) in [4.78, 5) is 1.33. The average molecular weight is 253 g/mol. The Labute approximate surface area is 109 Å². The van der Waals surface area contributed by atoms with Gasteiger partial charge in [-0.05, 0) is 17.7 Å². The molecule has 0 aliphatic heterocycles. The zero-order valence-corrected chi connectivity index (χ0v) is 12.1. The fourth-order valence-corrected chi connectivity index (χ4v) is 2.42. The van der Waals surface area contributed by atoms with Crippen LogP contribution in [0.1, 0.15) is 26.3 Å². The maximum Gasteiger partial charge on any atom is 0.0587 e. The summed E-state index contributed by atoms with van der Waals surface area (Å²) in [5.74, 6) is 0. The molecule has 0 atom stereocenters. The van der Waals surface area contributed by atoms with Crippen molar-refractivity contribution in [2.75, 3.05) is 20.3 Å². The van der Waals surface area contributed by atoms with Gasteiger partial charge in [-0.2, -0.15) is 0 Å². The molecule has 0 spiro atoms. The highest BCUT2D eigenvalue weighted by Crippen LogP contribution is 2.31. The number of nitrogens with one attached hydrogen (secondary N) is 1. The Morgan fingerprint density at radius 3 is 2.35 bits per heavy atom. The van der Waals surface area contributed by atoms with E-state index in [9.17, 15) is 0 Å². The molecule has 0 saturated carbocycles. The molecular formula is C14H23NOS. The third-order valence-electron chi connectivity index (χ3n) is 2.16. The van der Waals surface area contributed by atoms with Crippen LogP contribution in [0.5, 0.6) is 0 Å². The second-order valence-corrected chi connectivity index (χ2v) is 6.93. The Morgan fingerprint density at radius 1 is 1.18 bits per heavy atom. The molecule has 0 heterocycles. The number of hydrogen-bond acceptors (Lipinski definition) is 3. The molecule has 0 amide bonds. The summed E-state index contributed by atoms with van der Waals surface area (Å²) in [7, 11) is 1.72. The van der Waals surface area contributed by atoms with Gasteiger partial charge in [-0.1, -0.05) is 32.9 Å². The minimum absolute atomic E-state index is 0.276. The van der Waals surface area contributed by atoms with Crippen molar-refractivity contribution in [3.8, 4) is 0 Å². The number of hydrogen-bond donors (Lipinski definition) is 1. The van der Waals surface area contributed by atoms with Crippen molar-refractivity contribution in [1.29, 1.82) is 0 Å². The summed E-state index contributed by atoms with van der Waals surface area (Å²) < 4.78 is 5.26. The van der Waals surface area contributed by atoms with Crippen LogP contribution in [0.25, 0.3) is 0 Å². The molecule has 0 fully saturated rings. The van der Waals surface area contributed by atoms with Gasteiger partial charge >= 0.3 is 0 Å². The predicted molar refractivity (Wildman–Crippen MR) is 75.6 cm³/mol. The van der Waals surface area contributed by atoms with Crippen LogP contribution in [0.4, 0.5) is 0 Å². The van der Waals surface area contributed by atoms with E-state index in [1.807, 2.05) is 11.8 Å². The molecule has 1 N–H and O–H groups in total. The molecule has 0 aromatic heterocycles. The van der Waals surface area contributed by atoms with Crippen molar-refractivity contribution < 1.29 is 4.74 Å². The quantitative estimate of drug-likeness (QED) is 0.621. The molecule has 0 radical (unpaired) electrons. The zero-order valence-electron chi connectivity index (χ0n) is 11.2. The fraction of sp³-hybridized carbons (Fsp3) is 0.571. The monoisotopic (exact) mass is 253 g/mol. The van der Waals surface area contributed by atoms with Crippen molar-refractivity contribution in [3.05, 3.63) is 29.8 Å². The van der Waals surface area contributed by atoms with Gasteiger partial charge in [-0.3, -0.25) is 0 Å². The van der Waals surface area contributed by atoms with Gasteiger partial charge in [0.25, 0.3) is 0 Å². The van der Waals surface area contributed by atoms with E-state index in [0.717, 1.165) is 19.7 Å². The lowest BCUT2D eigenvalue weighted by Crippen LogP contribution is -2.18. The van der Waals surface area contributed by atoms with E-state index < -0.39 is 0 Å². The van der Waals surface area contributed by atoms with Gasteiger partial charge in [0.15, 0.2) is 0 Å². The highest BCUT2D eigenvalue weighted by Gasteiger charge is 2.11. The van der Waals surface area contributed by atoms with Gasteiger partial charge in [0.2, 0.25) is 0 Å². The minimum atomic E-state index is 0.276. The molecule has 1 aromatic carbocycles. The zero-order chi connectivity index (χ0) is 12.7. The summed E-state index contributed by atoms with van der Waals surface area (Å²) in [5, 5.41) is 3.34. The van der Waals surface area contributed by atoms with Crippen molar-refractivity contribution >= 4 is 11.8 Å². The Balaban J connectivity index is 2.39. The molecule has 0 aliphatic carbocycles. The Kier molecular flexibility index (Phi) is 6.03. The molecule has 1 aromatic rings. The Morgan fingerprint density at radius 2 is 1.82 bits per heavy atom. The highest BCUT2D eigenvalue weighted by atomic mass is 32.2. The lowest BCUT2D eigenvalue weighted by Gasteiger charge is -2.17. The molecule has 2 nitrogen and oxygen atoms in total. The first kappa shape index (κ1) is 14.6. The van der Waals surface area contributed by atoms with Crippen molar-refractivity contribution in [1.82, 2.24) is 5.32 Å². The van der Waals surface area contributed by atoms with Gasteiger partial charge in [0.1, 0.15) is 0 Å². The largest absolute Gasteiger partial charge is 0.383 e. The third-order valence-corrected chi connectivity index (χ3v) is 3.28. The van der Waals surface area contributed by atoms with Crippen LogP contribution in [-0.4, -0.2) is 25.0 Å². The number of thioether (sulfide) groups is 1. The molecular weight excluding hydrogens is 230 g/mol. The first-order valence-corrected chi connectivity index (χ1v) is 6.80. The van der Waals surface area contributed by atoms with Crippen LogP contribution in [-0.2, 0) is 11.3 Å². The Bertz CT molecular complexity index is 316. The molecule has 0 unspecified atom stereocenters. The van der Waals surface area contributed by atoms with Crippen LogP contribution >= 0.6 is 11.8 Å². The lowest BCUT2D eigenvalue weighted by atomic mass is 10.2. The standard InChI is InChI=1S/C14H23NOS/c1-14(2,3)17-13-7-5-12(6-8-13)11-15-9-10-16-4/h5-8,15H,9-11H2,1-4H3. The molecule has 0 bridgehead atoms. The molecule has 0 saturated heterocycles. The van der Waals surface area contributed by atoms with E-state index in [1.54, 1.807) is 7.11 Å². The summed E-state index contributed by atoms with van der Waals surface area (Å²) in [6.07, 6.45) is 0. The number of rotatable bonds is 6. The maximum atomic E-state index is 4.99. The van der Waals surface area contributed by atoms with Crippen LogP contribution in [0.15, 0.2) is 29.2 Å². The van der Waals surface area contributed by atoms with Gasteiger partial charge in [-0.25, -0.2) is 0 Å². The topological polar surface area (TPSA) is 21.3 Å². The van der Waals surface area contributed by atoms with Crippen LogP contribution in [0.3, 0.4) is 0 Å². The van der Waals surface area contributed by atoms with Gasteiger partial charge < -0.3 is 10.1 Å². The average Bonchev–Trinajstić information content (AvgIpc) is 2.25. The minimum Gasteiger partial charge on any atom is -0.383 e. The predicted octanol–water partition coefficient (Wildman–Crippen LogP) is 3.31. The van der Waals surface area contributed by atoms with Gasteiger partial charge in [0.05, 0.1) is 6.61 Å². The van der Waals surface area contributed by atoms with Crippen LogP contribution in [0.2, 0.25) is 0 Å². The highest BCUT2D eigenvalue weighted by molar-refractivity contribution is 8.00. The lowest BCUT2D eigenvalue weighted by molar-refractivity contribution is 0.199. The first-order valence-electron chi connectivity index (χ1n) is 5.99. The van der Waals surface area contributed by atoms with E-state index >= 15 is 0 Å². The van der Waals surface area contributed by atoms with E-state index in [2.05, 4.69) is 50.4 Å². The molecule has 96 valence electrons. The SMILES string of the molecule is COCCNCc1ccc(SC(C)(C)C)cc1. The van der Waals surface area contributed by atoms with Crippen molar-refractivity contribution in [2.24, 2.45) is 0 Å². The summed E-state index contributed by atoms with van der Waals surface area (Å²) >= 11 is 1.90. The first-order chi connectivity index (χ1) is 8.01. The number of methoxy groups -OCH3 is 1. The molecule has 17 heavy (non-hydrogen) atoms. The van der Waals surface area contributed by atoms with Gasteiger partial charge in [-0.15, -0.1) is 11.8 Å². The number of ether oxygens (including phenoxy) is 1. The third kappa shape index (κ3) is 6.71. The van der Waals surface area contributed by atoms with E-state index in [1.165, 1.54) is 10.5 Å². The van der Waals surface area contributed by atoms with Gasteiger partial charge in [0, 0.05) is 29.8 Å². The van der Waals surface area contributed by atoms with E-state index in [-0.39, 0.29) is 4.75 Å². The maximum absolute atomic E-state index is 4.99. The van der Waals surface area contributed by atoms with Crippen LogP contribution < -0.4 is 5.32 Å². The summed E-state index contributed by atoms with van der Waals surface area (Å²) in [5.41, 5.74) is 1.32. The smallest absolute Gasteiger partial charge is 0.0587 e. The second-order valence-electron chi connectivity index (χ2n) is 5.03. The summed E-state index contributed by atoms with van der Waals surface area (Å²) in [6, 6.07) is 8.77. The van der Waals surface area contributed by atoms with E-state index in [4.69, 9.17) is 4.74 Å². The Hall–Kier alpha value is -0.510. The molecule has 1 rings (SSSR count). The number of benzene rings is 1. The normalized spacial score (nSPS) is 11.8. The molecule has 0 aliphatic rings. The van der Waals surface area contributed by atoms with Crippen molar-refractivity contribution in [2.45, 2.75) is 37.0 Å². The second kappa shape index (κ2) is 7.04. The fourth-order valence-electron chi connectivity index (χ4n) is 1.44. The molecule has 3 heteroatoms. The van der Waals surface area contributed by atoms with E-state index in [0.29, 0.717) is 0 Å². The summed E-state index contributed by atoms with van der Waals surface area (Å²) in [6.45, 7) is 9.27. The van der Waals surface area contributed by atoms with Crippen molar-refractivity contribution in [3.63, 3.8) is 0 Å².